The van der Waals surface area contributed by atoms with Gasteiger partial charge in [0.2, 0.25) is 5.91 Å². The second-order valence-corrected chi connectivity index (χ2v) is 3.56. The Balaban J connectivity index is 0. The second-order valence-electron chi connectivity index (χ2n) is 3.56. The number of carbonyl (C=O) groups excluding carboxylic acids is 1. The van der Waals surface area contributed by atoms with Crippen molar-refractivity contribution in [2.24, 2.45) is 0 Å². The van der Waals surface area contributed by atoms with Crippen LogP contribution in [0.2, 0.25) is 0 Å². The maximum Gasteiger partial charge on any atom is 0.224 e. The number of benzene rings is 1. The zero-order chi connectivity index (χ0) is 11.8. The van der Waals surface area contributed by atoms with Crippen LogP contribution < -0.4 is 10.6 Å². The Morgan fingerprint density at radius 1 is 1.33 bits per heavy atom. The molecule has 0 saturated carbocycles. The van der Waals surface area contributed by atoms with E-state index in [1.807, 2.05) is 31.3 Å². The van der Waals surface area contributed by atoms with Crippen molar-refractivity contribution in [2.45, 2.75) is 19.4 Å². The van der Waals surface area contributed by atoms with Gasteiger partial charge in [0.05, 0.1) is 0 Å². The monoisotopic (exact) mass is 290 g/mol. The highest BCUT2D eigenvalue weighted by molar-refractivity contribution is 5.91. The fourth-order valence-corrected chi connectivity index (χ4v) is 1.43. The summed E-state index contributed by atoms with van der Waals surface area (Å²) in [5, 5.41) is 5.98. The Hall–Kier alpha value is -1.03. The molecule has 18 heavy (non-hydrogen) atoms. The van der Waals surface area contributed by atoms with Crippen molar-refractivity contribution in [3.05, 3.63) is 42.5 Å². The van der Waals surface area contributed by atoms with Crippen molar-refractivity contribution in [2.75, 3.05) is 12.4 Å². The quantitative estimate of drug-likeness (QED) is 0.790. The predicted molar refractivity (Wildman–Crippen MR) is 81.8 cm³/mol. The first kappa shape index (κ1) is 19.3. The molecule has 0 atom stereocenters. The van der Waals surface area contributed by atoms with Crippen LogP contribution in [-0.2, 0) is 11.3 Å². The smallest absolute Gasteiger partial charge is 0.224 e. The summed E-state index contributed by atoms with van der Waals surface area (Å²) in [6.07, 6.45) is 2.94. The number of para-hydroxylation sites is 1. The number of nitrogens with one attached hydrogen (secondary N) is 2. The maximum absolute atomic E-state index is 11.5. The topological polar surface area (TPSA) is 41.1 Å². The lowest BCUT2D eigenvalue weighted by Gasteiger charge is -2.10. The number of hydrogen-bond acceptors (Lipinski definition) is 2. The molecule has 3 nitrogen and oxygen atoms in total. The fourth-order valence-electron chi connectivity index (χ4n) is 1.43. The van der Waals surface area contributed by atoms with Crippen molar-refractivity contribution in [1.82, 2.24) is 5.32 Å². The normalized spacial score (nSPS) is 8.72. The highest BCUT2D eigenvalue weighted by Gasteiger charge is 2.04. The standard InChI is InChI=1S/C13H18N2O.2ClH/c1-3-4-9-13(16)15-12-8-6-5-7-11(12)10-14-2;;/h3,5-8,14H,1,4,9-10H2,2H3,(H,15,16);2*1H. The van der Waals surface area contributed by atoms with Crippen LogP contribution in [0.15, 0.2) is 36.9 Å². The highest BCUT2D eigenvalue weighted by Crippen LogP contribution is 2.15. The van der Waals surface area contributed by atoms with Gasteiger partial charge in [0.15, 0.2) is 0 Å². The van der Waals surface area contributed by atoms with Gasteiger partial charge in [-0.1, -0.05) is 24.3 Å². The zero-order valence-corrected chi connectivity index (χ0v) is 12.1. The molecule has 2 N–H and O–H groups in total. The van der Waals surface area contributed by atoms with Crippen LogP contribution in [0.5, 0.6) is 0 Å². The largest absolute Gasteiger partial charge is 0.326 e. The molecule has 1 aromatic carbocycles. The molecule has 0 spiro atoms. The molecule has 0 aliphatic heterocycles. The van der Waals surface area contributed by atoms with Crippen LogP contribution >= 0.6 is 24.8 Å². The lowest BCUT2D eigenvalue weighted by molar-refractivity contribution is -0.116. The van der Waals surface area contributed by atoms with Crippen molar-refractivity contribution < 1.29 is 4.79 Å². The molecule has 1 rings (SSSR count). The van der Waals surface area contributed by atoms with Crippen LogP contribution in [0, 0.1) is 0 Å². The summed E-state index contributed by atoms with van der Waals surface area (Å²) >= 11 is 0. The third-order valence-electron chi connectivity index (χ3n) is 2.23. The molecule has 0 heterocycles. The van der Waals surface area contributed by atoms with E-state index in [9.17, 15) is 4.79 Å². The molecule has 0 aliphatic carbocycles. The molecule has 0 fully saturated rings. The van der Waals surface area contributed by atoms with Gasteiger partial charge >= 0.3 is 0 Å². The second kappa shape index (κ2) is 11.1. The third-order valence-corrected chi connectivity index (χ3v) is 2.23. The molecular weight excluding hydrogens is 271 g/mol. The van der Waals surface area contributed by atoms with Crippen LogP contribution in [0.4, 0.5) is 5.69 Å². The molecule has 0 aliphatic rings. The average Bonchev–Trinajstić information content (AvgIpc) is 2.29. The van der Waals surface area contributed by atoms with Crippen molar-refractivity contribution in [1.29, 1.82) is 0 Å². The summed E-state index contributed by atoms with van der Waals surface area (Å²) < 4.78 is 0. The Bertz CT molecular complexity index is 370. The van der Waals surface area contributed by atoms with Crippen LogP contribution in [-0.4, -0.2) is 13.0 Å². The Kier molecular flexibility index (Phi) is 11.9. The van der Waals surface area contributed by atoms with E-state index < -0.39 is 0 Å². The van der Waals surface area contributed by atoms with E-state index >= 15 is 0 Å². The van der Waals surface area contributed by atoms with Gasteiger partial charge in [0.25, 0.3) is 0 Å². The molecule has 5 heteroatoms. The van der Waals surface area contributed by atoms with Gasteiger partial charge < -0.3 is 10.6 Å². The molecule has 0 radical (unpaired) electrons. The van der Waals surface area contributed by atoms with Gasteiger partial charge in [-0.05, 0) is 25.1 Å². The molecule has 102 valence electrons. The van der Waals surface area contributed by atoms with Crippen molar-refractivity contribution >= 4 is 36.4 Å². The summed E-state index contributed by atoms with van der Waals surface area (Å²) in [6.45, 7) is 4.34. The number of hydrogen-bond donors (Lipinski definition) is 2. The minimum Gasteiger partial charge on any atom is -0.326 e. The molecular formula is C13H20Cl2N2O. The van der Waals surface area contributed by atoms with Crippen molar-refractivity contribution in [3.63, 3.8) is 0 Å². The summed E-state index contributed by atoms with van der Waals surface area (Å²) in [4.78, 5) is 11.5. The predicted octanol–water partition coefficient (Wildman–Crippen LogP) is 3.15. The molecule has 1 amide bonds. The number of amides is 1. The highest BCUT2D eigenvalue weighted by atomic mass is 35.5. The molecule has 0 unspecified atom stereocenters. The van der Waals surface area contributed by atoms with Crippen LogP contribution in [0.3, 0.4) is 0 Å². The lowest BCUT2D eigenvalue weighted by Crippen LogP contribution is -2.14. The molecule has 0 saturated heterocycles. The Morgan fingerprint density at radius 3 is 2.61 bits per heavy atom. The average molecular weight is 291 g/mol. The van der Waals surface area contributed by atoms with E-state index in [4.69, 9.17) is 0 Å². The Morgan fingerprint density at radius 2 is 2.00 bits per heavy atom. The van der Waals surface area contributed by atoms with Gasteiger partial charge in [-0.3, -0.25) is 4.79 Å². The number of rotatable bonds is 6. The van der Waals surface area contributed by atoms with E-state index in [0.717, 1.165) is 17.8 Å². The van der Waals surface area contributed by atoms with E-state index in [1.54, 1.807) is 6.08 Å². The molecule has 1 aromatic rings. The lowest BCUT2D eigenvalue weighted by atomic mass is 10.1. The molecule has 0 bridgehead atoms. The summed E-state index contributed by atoms with van der Waals surface area (Å²) in [5.74, 6) is 0.0310. The van der Waals surface area contributed by atoms with E-state index in [0.29, 0.717) is 12.8 Å². The summed E-state index contributed by atoms with van der Waals surface area (Å²) in [5.41, 5.74) is 1.97. The zero-order valence-electron chi connectivity index (χ0n) is 10.4. The number of halogens is 2. The number of anilines is 1. The summed E-state index contributed by atoms with van der Waals surface area (Å²) in [6, 6.07) is 7.80. The van der Waals surface area contributed by atoms with Gasteiger partial charge in [-0.2, -0.15) is 0 Å². The van der Waals surface area contributed by atoms with E-state index in [2.05, 4.69) is 17.2 Å². The number of carbonyl (C=O) groups is 1. The third kappa shape index (κ3) is 6.64. The van der Waals surface area contributed by atoms with E-state index in [1.165, 1.54) is 0 Å². The first-order valence-electron chi connectivity index (χ1n) is 5.41. The van der Waals surface area contributed by atoms with Gasteiger partial charge in [0.1, 0.15) is 0 Å². The van der Waals surface area contributed by atoms with Gasteiger partial charge in [-0.25, -0.2) is 0 Å². The first-order chi connectivity index (χ1) is 7.77. The minimum atomic E-state index is 0. The summed E-state index contributed by atoms with van der Waals surface area (Å²) in [7, 11) is 1.89. The fraction of sp³-hybridized carbons (Fsp3) is 0.308. The van der Waals surface area contributed by atoms with E-state index in [-0.39, 0.29) is 30.7 Å². The van der Waals surface area contributed by atoms with Gasteiger partial charge in [0, 0.05) is 18.7 Å². The maximum atomic E-state index is 11.5. The first-order valence-corrected chi connectivity index (χ1v) is 5.41. The Labute approximate surface area is 121 Å². The minimum absolute atomic E-state index is 0. The van der Waals surface area contributed by atoms with Crippen molar-refractivity contribution in [3.8, 4) is 0 Å². The van der Waals surface area contributed by atoms with Crippen LogP contribution in [0.1, 0.15) is 18.4 Å². The van der Waals surface area contributed by atoms with Crippen LogP contribution in [0.25, 0.3) is 0 Å². The number of allylic oxidation sites excluding steroid dienone is 1. The molecule has 0 aromatic heterocycles. The SMILES string of the molecule is C=CCCC(=O)Nc1ccccc1CNC.Cl.Cl. The van der Waals surface area contributed by atoms with Gasteiger partial charge in [-0.15, -0.1) is 31.4 Å².